The SMILES string of the molecule is COc1ccc(COCCC(Cl)B2OC3CC4CC(C4(C)C)[C@]3(C)O2)cc1. The van der Waals surface area contributed by atoms with E-state index in [0.29, 0.717) is 31.0 Å². The molecule has 0 spiro atoms. The van der Waals surface area contributed by atoms with Gasteiger partial charge >= 0.3 is 7.12 Å². The molecule has 0 N–H and O–H groups in total. The predicted molar refractivity (Wildman–Crippen MR) is 107 cm³/mol. The molecule has 2 bridgehead atoms. The molecule has 4 unspecified atom stereocenters. The molecule has 3 saturated carbocycles. The van der Waals surface area contributed by atoms with Crippen molar-refractivity contribution in [2.45, 2.75) is 63.6 Å². The zero-order chi connectivity index (χ0) is 19.2. The lowest BCUT2D eigenvalue weighted by molar-refractivity contribution is -0.199. The van der Waals surface area contributed by atoms with Gasteiger partial charge < -0.3 is 18.8 Å². The smallest absolute Gasteiger partial charge is 0.476 e. The molecule has 0 amide bonds. The maximum atomic E-state index is 6.62. The fourth-order valence-corrected chi connectivity index (χ4v) is 5.50. The largest absolute Gasteiger partial charge is 0.497 e. The summed E-state index contributed by atoms with van der Waals surface area (Å²) in [6.45, 7) is 8.12. The van der Waals surface area contributed by atoms with Crippen LogP contribution in [0.5, 0.6) is 5.75 Å². The second-order valence-electron chi connectivity index (χ2n) is 9.04. The third-order valence-corrected chi connectivity index (χ3v) is 7.65. The van der Waals surface area contributed by atoms with Gasteiger partial charge in [0.05, 0.1) is 30.7 Å². The Hall–Kier alpha value is -0.745. The van der Waals surface area contributed by atoms with Crippen LogP contribution in [0.4, 0.5) is 0 Å². The van der Waals surface area contributed by atoms with Crippen LogP contribution < -0.4 is 4.74 Å². The first kappa shape index (κ1) is 19.6. The van der Waals surface area contributed by atoms with Crippen LogP contribution in [-0.4, -0.2) is 37.8 Å². The van der Waals surface area contributed by atoms with Gasteiger partial charge in [0.25, 0.3) is 0 Å². The minimum Gasteiger partial charge on any atom is -0.497 e. The number of rotatable bonds is 7. The maximum Gasteiger partial charge on any atom is 0.476 e. The Kier molecular flexibility index (Phi) is 5.26. The number of alkyl halides is 1. The minimum absolute atomic E-state index is 0.181. The van der Waals surface area contributed by atoms with Gasteiger partial charge in [-0.2, -0.15) is 0 Å². The highest BCUT2D eigenvalue weighted by Crippen LogP contribution is 2.65. The Morgan fingerprint density at radius 1 is 1.22 bits per heavy atom. The Balaban J connectivity index is 1.24. The van der Waals surface area contributed by atoms with Gasteiger partial charge in [0, 0.05) is 6.61 Å². The van der Waals surface area contributed by atoms with Gasteiger partial charge in [-0.05, 0) is 61.1 Å². The number of hydrogen-bond donors (Lipinski definition) is 0. The summed E-state index contributed by atoms with van der Waals surface area (Å²) in [5.41, 5.74) is 1.28. The van der Waals surface area contributed by atoms with Gasteiger partial charge in [-0.25, -0.2) is 0 Å². The van der Waals surface area contributed by atoms with E-state index in [2.05, 4.69) is 20.8 Å². The van der Waals surface area contributed by atoms with Crippen molar-refractivity contribution in [2.24, 2.45) is 17.3 Å². The van der Waals surface area contributed by atoms with E-state index in [-0.39, 0.29) is 24.1 Å². The van der Waals surface area contributed by atoms with E-state index < -0.39 is 0 Å². The zero-order valence-corrected chi connectivity index (χ0v) is 17.5. The number of hydrogen-bond acceptors (Lipinski definition) is 4. The summed E-state index contributed by atoms with van der Waals surface area (Å²) in [6, 6.07) is 7.91. The van der Waals surface area contributed by atoms with Gasteiger partial charge in [0.15, 0.2) is 0 Å². The molecule has 148 valence electrons. The topological polar surface area (TPSA) is 36.9 Å². The van der Waals surface area contributed by atoms with Gasteiger partial charge in [-0.1, -0.05) is 26.0 Å². The second kappa shape index (κ2) is 7.25. The summed E-state index contributed by atoms with van der Waals surface area (Å²) in [7, 11) is 1.33. The van der Waals surface area contributed by atoms with Crippen LogP contribution in [0.2, 0.25) is 0 Å². The van der Waals surface area contributed by atoms with Crippen LogP contribution >= 0.6 is 11.6 Å². The summed E-state index contributed by atoms with van der Waals surface area (Å²) in [6.07, 6.45) is 3.24. The standard InChI is InChI=1S/C21H30BClO4/c1-20(2)15-11-17(20)21(3)18(12-15)26-22(27-21)19(23)9-10-25-13-14-5-7-16(24-4)8-6-14/h5-8,15,17-19H,9-13H2,1-4H3/t15?,17?,18?,19?,21-/m0/s1. The number of ether oxygens (including phenoxy) is 2. The third kappa shape index (κ3) is 3.41. The summed E-state index contributed by atoms with van der Waals surface area (Å²) < 4.78 is 23.6. The highest BCUT2D eigenvalue weighted by atomic mass is 35.5. The molecule has 4 nitrogen and oxygen atoms in total. The van der Waals surface area contributed by atoms with Crippen molar-refractivity contribution in [3.63, 3.8) is 0 Å². The monoisotopic (exact) mass is 392 g/mol. The fraction of sp³-hybridized carbons (Fsp3) is 0.714. The Morgan fingerprint density at radius 3 is 2.63 bits per heavy atom. The molecule has 6 heteroatoms. The molecule has 0 radical (unpaired) electrons. The lowest BCUT2D eigenvalue weighted by atomic mass is 9.43. The average Bonchev–Trinajstić information content (AvgIpc) is 3.02. The maximum absolute atomic E-state index is 6.62. The highest BCUT2D eigenvalue weighted by Gasteiger charge is 2.68. The fourth-order valence-electron chi connectivity index (χ4n) is 5.30. The van der Waals surface area contributed by atoms with E-state index in [1.807, 2.05) is 24.3 Å². The summed E-state index contributed by atoms with van der Waals surface area (Å²) in [5.74, 6) is 2.17. The first-order chi connectivity index (χ1) is 12.8. The summed E-state index contributed by atoms with van der Waals surface area (Å²) >= 11 is 6.62. The molecule has 5 rings (SSSR count). The van der Waals surface area contributed by atoms with Crippen LogP contribution in [-0.2, 0) is 20.7 Å². The first-order valence-electron chi connectivity index (χ1n) is 10.0. The van der Waals surface area contributed by atoms with Crippen molar-refractivity contribution in [2.75, 3.05) is 13.7 Å². The van der Waals surface area contributed by atoms with Crippen molar-refractivity contribution in [1.29, 1.82) is 0 Å². The number of benzene rings is 1. The van der Waals surface area contributed by atoms with Gasteiger partial charge in [-0.15, -0.1) is 11.6 Å². The Morgan fingerprint density at radius 2 is 1.96 bits per heavy atom. The number of methoxy groups -OCH3 is 1. The lowest BCUT2D eigenvalue weighted by Gasteiger charge is -2.64. The molecule has 1 saturated heterocycles. The van der Waals surface area contributed by atoms with Crippen molar-refractivity contribution >= 4 is 18.7 Å². The molecule has 4 fully saturated rings. The van der Waals surface area contributed by atoms with Crippen LogP contribution in [0.25, 0.3) is 0 Å². The lowest BCUT2D eigenvalue weighted by Crippen LogP contribution is -2.65. The highest BCUT2D eigenvalue weighted by molar-refractivity contribution is 6.59. The van der Waals surface area contributed by atoms with Crippen molar-refractivity contribution in [3.05, 3.63) is 29.8 Å². The molecule has 27 heavy (non-hydrogen) atoms. The van der Waals surface area contributed by atoms with Gasteiger partial charge in [0.2, 0.25) is 0 Å². The Labute approximate surface area is 168 Å². The van der Waals surface area contributed by atoms with E-state index in [0.717, 1.165) is 23.7 Å². The molecule has 3 aliphatic carbocycles. The van der Waals surface area contributed by atoms with Gasteiger partial charge in [-0.3, -0.25) is 0 Å². The van der Waals surface area contributed by atoms with Crippen molar-refractivity contribution in [3.8, 4) is 5.75 Å². The van der Waals surface area contributed by atoms with E-state index in [9.17, 15) is 0 Å². The molecule has 1 aromatic carbocycles. The molecule has 1 aromatic rings. The zero-order valence-electron chi connectivity index (χ0n) is 16.7. The third-order valence-electron chi connectivity index (χ3n) is 7.23. The normalized spacial score (nSPS) is 34.7. The van der Waals surface area contributed by atoms with E-state index in [1.165, 1.54) is 6.42 Å². The van der Waals surface area contributed by atoms with Crippen molar-refractivity contribution in [1.82, 2.24) is 0 Å². The van der Waals surface area contributed by atoms with E-state index >= 15 is 0 Å². The summed E-state index contributed by atoms with van der Waals surface area (Å²) in [4.78, 5) is 0. The molecular weight excluding hydrogens is 362 g/mol. The first-order valence-corrected chi connectivity index (χ1v) is 10.5. The van der Waals surface area contributed by atoms with E-state index in [4.69, 9.17) is 30.4 Å². The molecule has 0 aromatic heterocycles. The van der Waals surface area contributed by atoms with Crippen LogP contribution in [0.3, 0.4) is 0 Å². The average molecular weight is 393 g/mol. The van der Waals surface area contributed by atoms with Crippen LogP contribution in [0, 0.1) is 17.3 Å². The second-order valence-corrected chi connectivity index (χ2v) is 9.60. The predicted octanol–water partition coefficient (Wildman–Crippen LogP) is 4.48. The van der Waals surface area contributed by atoms with Crippen molar-refractivity contribution < 1.29 is 18.8 Å². The van der Waals surface area contributed by atoms with Gasteiger partial charge in [0.1, 0.15) is 5.75 Å². The van der Waals surface area contributed by atoms with Crippen LogP contribution in [0.1, 0.15) is 45.6 Å². The minimum atomic E-state index is -0.332. The quantitative estimate of drug-likeness (QED) is 0.389. The molecule has 4 aliphatic rings. The Bertz CT molecular complexity index is 667. The summed E-state index contributed by atoms with van der Waals surface area (Å²) in [5, 5.41) is -0.191. The molecule has 1 heterocycles. The van der Waals surface area contributed by atoms with Crippen LogP contribution in [0.15, 0.2) is 24.3 Å². The molecule has 1 aliphatic heterocycles. The van der Waals surface area contributed by atoms with E-state index in [1.54, 1.807) is 7.11 Å². The molecular formula is C21H30BClO4. The molecule has 5 atom stereocenters. The number of halogens is 1.